The molecule has 0 bridgehead atoms. The first kappa shape index (κ1) is 11.4. The van der Waals surface area contributed by atoms with E-state index in [-0.39, 0.29) is 0 Å². The minimum absolute atomic E-state index is 0.805. The van der Waals surface area contributed by atoms with Gasteiger partial charge in [-0.2, -0.15) is 0 Å². The van der Waals surface area contributed by atoms with E-state index in [1.165, 1.54) is 51.9 Å². The third kappa shape index (κ3) is 2.92. The molecule has 0 spiro atoms. The van der Waals surface area contributed by atoms with Crippen molar-refractivity contribution in [3.05, 3.63) is 0 Å². The number of hydrogen-bond acceptors (Lipinski definition) is 3. The number of nitrogens with zero attached hydrogens (tertiary/aromatic N) is 2. The second kappa shape index (κ2) is 5.28. The maximum Gasteiger partial charge on any atom is 0.0342 e. The van der Waals surface area contributed by atoms with E-state index in [2.05, 4.69) is 29.2 Å². The fourth-order valence-corrected chi connectivity index (χ4v) is 2.63. The molecule has 2 rings (SSSR count). The summed E-state index contributed by atoms with van der Waals surface area (Å²) < 4.78 is 0. The van der Waals surface area contributed by atoms with E-state index >= 15 is 0 Å². The molecule has 3 nitrogen and oxygen atoms in total. The highest BCUT2D eigenvalue weighted by molar-refractivity contribution is 4.84. The predicted molar refractivity (Wildman–Crippen MR) is 64.2 cm³/mol. The van der Waals surface area contributed by atoms with Gasteiger partial charge in [-0.15, -0.1) is 0 Å². The van der Waals surface area contributed by atoms with Crippen LogP contribution in [0.4, 0.5) is 0 Å². The second-order valence-electron chi connectivity index (χ2n) is 5.21. The van der Waals surface area contributed by atoms with E-state index in [0.717, 1.165) is 12.1 Å². The number of likely N-dealkylation sites (N-methyl/N-ethyl adjacent to an activating group) is 1. The van der Waals surface area contributed by atoms with E-state index in [1.54, 1.807) is 0 Å². The van der Waals surface area contributed by atoms with Crippen molar-refractivity contribution >= 4 is 0 Å². The molecule has 2 aliphatic heterocycles. The molecule has 0 aromatic rings. The molecule has 0 saturated carbocycles. The second-order valence-corrected chi connectivity index (χ2v) is 5.21. The Hall–Kier alpha value is -0.120. The van der Waals surface area contributed by atoms with Crippen molar-refractivity contribution in [1.82, 2.24) is 15.1 Å². The largest absolute Gasteiger partial charge is 0.314 e. The van der Waals surface area contributed by atoms with Gasteiger partial charge < -0.3 is 15.1 Å². The van der Waals surface area contributed by atoms with E-state index in [9.17, 15) is 0 Å². The third-order valence-corrected chi connectivity index (χ3v) is 4.12. The van der Waals surface area contributed by atoms with Gasteiger partial charge in [-0.1, -0.05) is 6.42 Å². The highest BCUT2D eigenvalue weighted by atomic mass is 15.2. The molecule has 88 valence electrons. The lowest BCUT2D eigenvalue weighted by atomic mass is 9.99. The summed E-state index contributed by atoms with van der Waals surface area (Å²) in [6.45, 7) is 4.95. The van der Waals surface area contributed by atoms with Crippen LogP contribution < -0.4 is 5.32 Å². The SMILES string of the molecule is CN1CCCCC1CCN(C)C1CNC1. The van der Waals surface area contributed by atoms with Crippen molar-refractivity contribution in [3.63, 3.8) is 0 Å². The fraction of sp³-hybridized carbons (Fsp3) is 1.00. The highest BCUT2D eigenvalue weighted by Gasteiger charge is 2.23. The zero-order valence-corrected chi connectivity index (χ0v) is 10.2. The molecule has 0 aromatic heterocycles. The van der Waals surface area contributed by atoms with E-state index in [0.29, 0.717) is 0 Å². The van der Waals surface area contributed by atoms with Gasteiger partial charge in [-0.25, -0.2) is 0 Å². The molecule has 0 aromatic carbocycles. The number of piperidine rings is 1. The van der Waals surface area contributed by atoms with Crippen LogP contribution in [0.25, 0.3) is 0 Å². The molecule has 1 unspecified atom stereocenters. The molecule has 2 saturated heterocycles. The van der Waals surface area contributed by atoms with Crippen molar-refractivity contribution in [3.8, 4) is 0 Å². The molecule has 3 heteroatoms. The first-order valence-corrected chi connectivity index (χ1v) is 6.38. The lowest BCUT2D eigenvalue weighted by molar-refractivity contribution is 0.131. The Morgan fingerprint density at radius 3 is 2.73 bits per heavy atom. The summed E-state index contributed by atoms with van der Waals surface area (Å²) in [7, 11) is 4.56. The maximum absolute atomic E-state index is 3.34. The first-order valence-electron chi connectivity index (χ1n) is 6.38. The van der Waals surface area contributed by atoms with Crippen molar-refractivity contribution in [2.75, 3.05) is 40.3 Å². The summed E-state index contributed by atoms with van der Waals surface area (Å²) in [5.41, 5.74) is 0. The van der Waals surface area contributed by atoms with Gasteiger partial charge in [-0.05, 0) is 46.4 Å². The minimum atomic E-state index is 0.805. The molecule has 1 N–H and O–H groups in total. The van der Waals surface area contributed by atoms with Crippen molar-refractivity contribution in [2.24, 2.45) is 0 Å². The van der Waals surface area contributed by atoms with Crippen LogP contribution in [-0.4, -0.2) is 62.2 Å². The van der Waals surface area contributed by atoms with E-state index < -0.39 is 0 Å². The molecule has 2 fully saturated rings. The lowest BCUT2D eigenvalue weighted by Crippen LogP contribution is -2.56. The van der Waals surface area contributed by atoms with E-state index in [1.807, 2.05) is 0 Å². The summed E-state index contributed by atoms with van der Waals surface area (Å²) in [5.74, 6) is 0. The standard InChI is InChI=1S/C12H25N3/c1-14-7-4-3-5-11(14)6-8-15(2)12-9-13-10-12/h11-13H,3-10H2,1-2H3. The van der Waals surface area contributed by atoms with Gasteiger partial charge in [0.1, 0.15) is 0 Å². The van der Waals surface area contributed by atoms with Gasteiger partial charge in [0, 0.05) is 25.2 Å². The van der Waals surface area contributed by atoms with Crippen LogP contribution in [0.1, 0.15) is 25.7 Å². The Balaban J connectivity index is 1.67. The number of hydrogen-bond donors (Lipinski definition) is 1. The smallest absolute Gasteiger partial charge is 0.0342 e. The van der Waals surface area contributed by atoms with Gasteiger partial charge >= 0.3 is 0 Å². The summed E-state index contributed by atoms with van der Waals surface area (Å²) >= 11 is 0. The molecule has 0 radical (unpaired) electrons. The van der Waals surface area contributed by atoms with Crippen LogP contribution in [0.15, 0.2) is 0 Å². The predicted octanol–water partition coefficient (Wildman–Crippen LogP) is 0.764. The van der Waals surface area contributed by atoms with Crippen LogP contribution in [0.3, 0.4) is 0 Å². The van der Waals surface area contributed by atoms with Crippen LogP contribution in [0.2, 0.25) is 0 Å². The third-order valence-electron chi connectivity index (χ3n) is 4.12. The van der Waals surface area contributed by atoms with Gasteiger partial charge in [0.05, 0.1) is 0 Å². The van der Waals surface area contributed by atoms with Crippen molar-refractivity contribution in [2.45, 2.75) is 37.8 Å². The Morgan fingerprint density at radius 2 is 2.13 bits per heavy atom. The maximum atomic E-state index is 3.34. The van der Waals surface area contributed by atoms with Gasteiger partial charge in [0.2, 0.25) is 0 Å². The van der Waals surface area contributed by atoms with Crippen molar-refractivity contribution in [1.29, 1.82) is 0 Å². The molecular formula is C12H25N3. The molecule has 0 amide bonds. The average molecular weight is 211 g/mol. The number of likely N-dealkylation sites (tertiary alicyclic amines) is 1. The van der Waals surface area contributed by atoms with Crippen LogP contribution in [-0.2, 0) is 0 Å². The van der Waals surface area contributed by atoms with Crippen LogP contribution in [0, 0.1) is 0 Å². The number of rotatable bonds is 4. The normalized spacial score (nSPS) is 29.4. The van der Waals surface area contributed by atoms with Crippen LogP contribution in [0.5, 0.6) is 0 Å². The van der Waals surface area contributed by atoms with Gasteiger partial charge in [-0.3, -0.25) is 0 Å². The van der Waals surface area contributed by atoms with Gasteiger partial charge in [0.25, 0.3) is 0 Å². The Bertz CT molecular complexity index is 191. The molecule has 0 aliphatic carbocycles. The number of nitrogens with one attached hydrogen (secondary N) is 1. The van der Waals surface area contributed by atoms with Crippen molar-refractivity contribution < 1.29 is 0 Å². The molecular weight excluding hydrogens is 186 g/mol. The monoisotopic (exact) mass is 211 g/mol. The first-order chi connectivity index (χ1) is 7.27. The zero-order chi connectivity index (χ0) is 10.7. The van der Waals surface area contributed by atoms with Gasteiger partial charge in [0.15, 0.2) is 0 Å². The Morgan fingerprint density at radius 1 is 1.33 bits per heavy atom. The molecule has 2 aliphatic rings. The molecule has 2 heterocycles. The average Bonchev–Trinajstić information content (AvgIpc) is 2.14. The summed E-state index contributed by atoms with van der Waals surface area (Å²) in [6.07, 6.45) is 5.59. The molecule has 15 heavy (non-hydrogen) atoms. The summed E-state index contributed by atoms with van der Waals surface area (Å²) in [5, 5.41) is 3.34. The zero-order valence-electron chi connectivity index (χ0n) is 10.2. The molecule has 1 atom stereocenters. The summed E-state index contributed by atoms with van der Waals surface area (Å²) in [4.78, 5) is 5.08. The Labute approximate surface area is 93.8 Å². The topological polar surface area (TPSA) is 18.5 Å². The van der Waals surface area contributed by atoms with Crippen LogP contribution >= 0.6 is 0 Å². The van der Waals surface area contributed by atoms with E-state index in [4.69, 9.17) is 0 Å². The fourth-order valence-electron chi connectivity index (χ4n) is 2.63. The summed E-state index contributed by atoms with van der Waals surface area (Å²) in [6, 6.07) is 1.65. The minimum Gasteiger partial charge on any atom is -0.314 e. The Kier molecular flexibility index (Phi) is 4.00. The lowest BCUT2D eigenvalue weighted by Gasteiger charge is -2.38. The quantitative estimate of drug-likeness (QED) is 0.741. The highest BCUT2D eigenvalue weighted by Crippen LogP contribution is 2.18.